The number of carboxylic acid groups (broad SMARTS) is 1. The zero-order chi connectivity index (χ0) is 25.6. The van der Waals surface area contributed by atoms with Gasteiger partial charge < -0.3 is 15.2 Å². The Morgan fingerprint density at radius 3 is 2.49 bits per heavy atom. The zero-order valence-corrected chi connectivity index (χ0v) is 20.9. The summed E-state index contributed by atoms with van der Waals surface area (Å²) in [6, 6.07) is 1.30. The number of ether oxygens (including phenoxy) is 1. The van der Waals surface area contributed by atoms with Crippen molar-refractivity contribution in [2.75, 3.05) is 6.61 Å². The first-order chi connectivity index (χ1) is 17.8. The predicted molar refractivity (Wildman–Crippen MR) is 128 cm³/mol. The van der Waals surface area contributed by atoms with Crippen LogP contribution >= 0.6 is 22.9 Å². The summed E-state index contributed by atoms with van der Waals surface area (Å²) in [6.07, 6.45) is 2.25. The molecule has 0 unspecified atom stereocenters. The number of aliphatic carboxylic acids is 1. The summed E-state index contributed by atoms with van der Waals surface area (Å²) < 4.78 is 34.2. The number of hydrogen-bond acceptors (Lipinski definition) is 7. The Morgan fingerprint density at radius 2 is 1.89 bits per heavy atom. The van der Waals surface area contributed by atoms with Gasteiger partial charge in [0.2, 0.25) is 0 Å². The van der Waals surface area contributed by atoms with Gasteiger partial charge in [0, 0.05) is 28.3 Å². The number of nitrogens with zero attached hydrogens (tertiary/aromatic N) is 2. The molecule has 0 radical (unpaired) electrons. The van der Waals surface area contributed by atoms with Crippen molar-refractivity contribution in [1.29, 1.82) is 0 Å². The van der Waals surface area contributed by atoms with Crippen LogP contribution in [0.25, 0.3) is 0 Å². The topological polar surface area (TPSA) is 101 Å². The van der Waals surface area contributed by atoms with Crippen molar-refractivity contribution in [3.8, 4) is 0 Å². The molecule has 1 aliphatic heterocycles. The molecule has 6 saturated carbocycles. The summed E-state index contributed by atoms with van der Waals surface area (Å²) in [6.45, 7) is 2.07. The van der Waals surface area contributed by atoms with E-state index in [1.54, 1.807) is 11.6 Å². The van der Waals surface area contributed by atoms with E-state index < -0.39 is 40.1 Å². The second kappa shape index (κ2) is 6.77. The SMILES string of the molecule is CCCOC(=O)C1=C(C23C4C5C2C2C3C4C52C(=O)O)NC(c2nccs2)=N[C@@H]1c1ccc(F)c(F)c1Cl. The van der Waals surface area contributed by atoms with E-state index in [1.165, 1.54) is 17.4 Å². The molecule has 6 aliphatic carbocycles. The number of carbonyl (C=O) groups is 2. The van der Waals surface area contributed by atoms with Crippen LogP contribution in [-0.4, -0.2) is 34.5 Å². The van der Waals surface area contributed by atoms with Crippen LogP contribution in [0.2, 0.25) is 5.02 Å². The third kappa shape index (κ3) is 2.05. The van der Waals surface area contributed by atoms with Gasteiger partial charge in [-0.15, -0.1) is 11.3 Å². The fraction of sp³-hybridized carbons (Fsp3) is 0.462. The predicted octanol–water partition coefficient (Wildman–Crippen LogP) is 4.20. The van der Waals surface area contributed by atoms with Gasteiger partial charge in [-0.25, -0.2) is 18.6 Å². The molecule has 2 N–H and O–H groups in total. The van der Waals surface area contributed by atoms with Crippen LogP contribution in [0.1, 0.15) is 30.0 Å². The molecule has 11 heteroatoms. The number of esters is 1. The Hall–Kier alpha value is -2.85. The average Bonchev–Trinajstić information content (AvgIpc) is 3.44. The number of carbonyl (C=O) groups excluding carboxylic acids is 1. The first-order valence-corrected chi connectivity index (χ1v) is 13.6. The first kappa shape index (κ1) is 22.2. The van der Waals surface area contributed by atoms with Crippen molar-refractivity contribution in [3.05, 3.63) is 62.2 Å². The molecule has 190 valence electrons. The van der Waals surface area contributed by atoms with E-state index in [-0.39, 0.29) is 58.7 Å². The van der Waals surface area contributed by atoms with Crippen LogP contribution in [-0.2, 0) is 14.3 Å². The number of allylic oxidation sites excluding steroid dienone is 1. The number of halogens is 3. The Balaban J connectivity index is 1.30. The highest BCUT2D eigenvalue weighted by molar-refractivity contribution is 7.11. The first-order valence-electron chi connectivity index (χ1n) is 12.4. The third-order valence-corrected chi connectivity index (χ3v) is 11.3. The third-order valence-electron chi connectivity index (χ3n) is 10.1. The van der Waals surface area contributed by atoms with Gasteiger partial charge in [0.25, 0.3) is 0 Å². The van der Waals surface area contributed by atoms with Crippen LogP contribution in [0.3, 0.4) is 0 Å². The summed E-state index contributed by atoms with van der Waals surface area (Å²) in [7, 11) is 0. The van der Waals surface area contributed by atoms with Gasteiger partial charge >= 0.3 is 11.9 Å². The maximum Gasteiger partial charge on any atom is 0.338 e. The van der Waals surface area contributed by atoms with Crippen LogP contribution < -0.4 is 5.32 Å². The van der Waals surface area contributed by atoms with E-state index in [0.717, 1.165) is 6.07 Å². The Morgan fingerprint density at radius 1 is 1.19 bits per heavy atom. The molecule has 1 aromatic heterocycles. The molecular weight excluding hydrogens is 524 g/mol. The minimum absolute atomic E-state index is 0.125. The van der Waals surface area contributed by atoms with E-state index in [1.807, 2.05) is 6.92 Å². The number of carboxylic acids is 1. The van der Waals surface area contributed by atoms with Crippen molar-refractivity contribution >= 4 is 40.7 Å². The number of thiazole rings is 1. The number of amidine groups is 1. The molecular formula is C26H20ClF2N3O4S. The molecule has 7 nitrogen and oxygen atoms in total. The number of aliphatic imine (C=N–C) groups is 1. The van der Waals surface area contributed by atoms with Crippen LogP contribution in [0.5, 0.6) is 0 Å². The fourth-order valence-electron chi connectivity index (χ4n) is 9.26. The molecule has 1 atom stereocenters. The monoisotopic (exact) mass is 543 g/mol. The van der Waals surface area contributed by atoms with Crippen molar-refractivity contribution in [1.82, 2.24) is 10.3 Å². The standard InChI is InChI=1S/C26H20ClF2N3O4S/c1-2-6-36-23(33)10-19(8-3-4-9(28)18(29)17(8)27)31-21(22-30-5-7-37-22)32-20(10)25-11-14-12(25)16-13(25)15(11)26(14,16)24(34)35/h3-5,7,11-16,19H,2,6H2,1H3,(H,31,32)(H,34,35)/t11?,12?,13?,14?,15?,16?,19-,25?,26?/m1/s1. The van der Waals surface area contributed by atoms with E-state index in [0.29, 0.717) is 23.0 Å². The molecule has 9 rings (SSSR count). The van der Waals surface area contributed by atoms with Gasteiger partial charge in [-0.1, -0.05) is 24.6 Å². The second-order valence-electron chi connectivity index (χ2n) is 10.9. The lowest BCUT2D eigenvalue weighted by Gasteiger charge is -3.10. The molecule has 37 heavy (non-hydrogen) atoms. The maximum absolute atomic E-state index is 14.6. The lowest BCUT2D eigenvalue weighted by molar-refractivity contribution is -0.633. The number of nitrogens with one attached hydrogen (secondary N) is 1. The second-order valence-corrected chi connectivity index (χ2v) is 12.1. The minimum atomic E-state index is -1.20. The fourth-order valence-corrected chi connectivity index (χ4v) is 10.1. The van der Waals surface area contributed by atoms with E-state index >= 15 is 0 Å². The molecule has 0 spiro atoms. The molecule has 0 bridgehead atoms. The van der Waals surface area contributed by atoms with Gasteiger partial charge in [0.15, 0.2) is 22.5 Å². The van der Waals surface area contributed by atoms with Crippen LogP contribution in [0.4, 0.5) is 8.78 Å². The number of rotatable bonds is 7. The molecule has 1 aromatic carbocycles. The van der Waals surface area contributed by atoms with Gasteiger partial charge in [-0.2, -0.15) is 0 Å². The van der Waals surface area contributed by atoms with Gasteiger partial charge in [0.05, 0.1) is 22.6 Å². The number of benzene rings is 1. The van der Waals surface area contributed by atoms with Crippen molar-refractivity contribution in [3.63, 3.8) is 0 Å². The zero-order valence-electron chi connectivity index (χ0n) is 19.4. The number of aromatic nitrogens is 1. The summed E-state index contributed by atoms with van der Waals surface area (Å²) in [5.74, 6) is -2.25. The molecule has 2 heterocycles. The molecule has 6 fully saturated rings. The summed E-state index contributed by atoms with van der Waals surface area (Å²) >= 11 is 7.66. The van der Waals surface area contributed by atoms with Crippen molar-refractivity contribution in [2.24, 2.45) is 51.3 Å². The molecule has 2 aromatic rings. The molecule has 0 saturated heterocycles. The summed E-state index contributed by atoms with van der Waals surface area (Å²) in [5.41, 5.74) is 0.147. The minimum Gasteiger partial charge on any atom is -0.481 e. The average molecular weight is 544 g/mol. The lowest BCUT2D eigenvalue weighted by atomic mass is 8.92. The largest absolute Gasteiger partial charge is 0.481 e. The smallest absolute Gasteiger partial charge is 0.338 e. The van der Waals surface area contributed by atoms with Gasteiger partial charge in [-0.3, -0.25) is 9.79 Å². The van der Waals surface area contributed by atoms with Gasteiger partial charge in [-0.05, 0) is 48.0 Å². The highest BCUT2D eigenvalue weighted by atomic mass is 35.5. The van der Waals surface area contributed by atoms with E-state index in [9.17, 15) is 23.5 Å². The van der Waals surface area contributed by atoms with Crippen molar-refractivity contribution in [2.45, 2.75) is 19.4 Å². The normalized spacial score (nSPS) is 40.6. The maximum atomic E-state index is 14.6. The summed E-state index contributed by atoms with van der Waals surface area (Å²) in [5, 5.41) is 15.3. The quantitative estimate of drug-likeness (QED) is 0.401. The Kier molecular flexibility index (Phi) is 4.05. The van der Waals surface area contributed by atoms with E-state index in [2.05, 4.69) is 10.3 Å². The van der Waals surface area contributed by atoms with Crippen molar-refractivity contribution < 1.29 is 28.2 Å². The van der Waals surface area contributed by atoms with Gasteiger partial charge in [0.1, 0.15) is 6.04 Å². The Labute approximate surface area is 218 Å². The van der Waals surface area contributed by atoms with Crippen LogP contribution in [0, 0.1) is 58.0 Å². The molecule has 7 aliphatic rings. The summed E-state index contributed by atoms with van der Waals surface area (Å²) in [4.78, 5) is 34.8. The highest BCUT2D eigenvalue weighted by Gasteiger charge is 3.12. The highest BCUT2D eigenvalue weighted by Crippen LogP contribution is 3.11. The molecule has 0 amide bonds. The van der Waals surface area contributed by atoms with Crippen LogP contribution in [0.15, 0.2) is 40.0 Å². The lowest BCUT2D eigenvalue weighted by Crippen LogP contribution is -3.11. The van der Waals surface area contributed by atoms with E-state index in [4.69, 9.17) is 21.3 Å². The Bertz CT molecular complexity index is 1450. The number of hydrogen-bond donors (Lipinski definition) is 2.